The summed E-state index contributed by atoms with van der Waals surface area (Å²) in [7, 11) is 1.74. The van der Waals surface area contributed by atoms with Crippen molar-refractivity contribution in [2.45, 2.75) is 19.1 Å². The average molecular weight is 425 g/mol. The van der Waals surface area contributed by atoms with E-state index < -0.39 is 11.7 Å². The normalized spacial score (nSPS) is 15.8. The quantitative estimate of drug-likeness (QED) is 0.632. The number of carbonyl (C=O) groups excluding carboxylic acids is 1. The Balaban J connectivity index is 1.69. The molecule has 3 aromatic rings. The molecule has 158 valence electrons. The summed E-state index contributed by atoms with van der Waals surface area (Å²) in [5.41, 5.74) is 1.05. The second-order valence-electron chi connectivity index (χ2n) is 7.06. The Kier molecular flexibility index (Phi) is 5.15. The van der Waals surface area contributed by atoms with Gasteiger partial charge in [0, 0.05) is 25.5 Å². The number of nitrogens with one attached hydrogen (secondary N) is 1. The summed E-state index contributed by atoms with van der Waals surface area (Å²) < 4.78 is 40.2. The van der Waals surface area contributed by atoms with Crippen LogP contribution in [0.15, 0.2) is 48.8 Å². The van der Waals surface area contributed by atoms with Gasteiger partial charge in [-0.05, 0) is 43.3 Å². The number of pyridine rings is 1. The molecule has 1 aliphatic rings. The van der Waals surface area contributed by atoms with Crippen LogP contribution < -0.4 is 10.2 Å². The molecule has 0 bridgehead atoms. The average Bonchev–Trinajstić information content (AvgIpc) is 3.19. The van der Waals surface area contributed by atoms with E-state index in [-0.39, 0.29) is 18.5 Å². The van der Waals surface area contributed by atoms with E-state index >= 15 is 0 Å². The highest BCUT2D eigenvalue weighted by atomic mass is 19.4. The van der Waals surface area contributed by atoms with Crippen LogP contribution in [0.5, 0.6) is 0 Å². The van der Waals surface area contributed by atoms with Gasteiger partial charge >= 0.3 is 6.18 Å². The first kappa shape index (κ1) is 20.5. The Morgan fingerprint density at radius 3 is 2.52 bits per heavy atom. The van der Waals surface area contributed by atoms with E-state index in [1.807, 2.05) is 6.92 Å². The van der Waals surface area contributed by atoms with E-state index in [4.69, 9.17) is 0 Å². The van der Waals surface area contributed by atoms with Crippen molar-refractivity contribution in [3.8, 4) is 11.8 Å². The molecule has 0 saturated heterocycles. The van der Waals surface area contributed by atoms with Crippen LogP contribution in [-0.2, 0) is 6.18 Å². The Bertz CT molecular complexity index is 1190. The molecule has 1 aliphatic heterocycles. The third kappa shape index (κ3) is 3.84. The third-order valence-electron chi connectivity index (χ3n) is 4.99. The first-order valence-electron chi connectivity index (χ1n) is 9.51. The predicted molar refractivity (Wildman–Crippen MR) is 110 cm³/mol. The van der Waals surface area contributed by atoms with Crippen molar-refractivity contribution < 1.29 is 18.0 Å². The molecule has 0 unspecified atom stereocenters. The molecule has 0 fully saturated rings. The van der Waals surface area contributed by atoms with Crippen LogP contribution in [0.2, 0.25) is 0 Å². The van der Waals surface area contributed by atoms with Crippen molar-refractivity contribution in [3.63, 3.8) is 0 Å². The van der Waals surface area contributed by atoms with E-state index in [1.54, 1.807) is 30.1 Å². The van der Waals surface area contributed by atoms with E-state index in [1.165, 1.54) is 23.2 Å². The summed E-state index contributed by atoms with van der Waals surface area (Å²) in [6, 6.07) is 7.96. The molecular formula is C22H18F3N5O. The fraction of sp³-hybridized carbons (Fsp3) is 0.227. The van der Waals surface area contributed by atoms with Crippen LogP contribution in [0, 0.1) is 11.8 Å². The second kappa shape index (κ2) is 7.80. The highest BCUT2D eigenvalue weighted by Gasteiger charge is 2.34. The molecule has 31 heavy (non-hydrogen) atoms. The number of halogens is 3. The van der Waals surface area contributed by atoms with Gasteiger partial charge in [-0.25, -0.2) is 4.98 Å². The minimum Gasteiger partial charge on any atom is -0.372 e. The van der Waals surface area contributed by atoms with Crippen LogP contribution in [0.4, 0.5) is 24.7 Å². The van der Waals surface area contributed by atoms with E-state index in [0.717, 1.165) is 12.1 Å². The smallest absolute Gasteiger partial charge is 0.372 e. The molecule has 1 aromatic carbocycles. The second-order valence-corrected chi connectivity index (χ2v) is 7.06. The first-order chi connectivity index (χ1) is 14.8. The summed E-state index contributed by atoms with van der Waals surface area (Å²) in [5.74, 6) is 6.24. The standard InChI is InChI=1S/C22H18F3N5O/c1-14-13-29(18-9-7-17(8-10-18)22(23,24)25)21(31)19-16(12-28-30(14)19)6-5-15-4-3-11-27-20(15)26-2/h3-4,7-12,14H,13H2,1-2H3,(H,26,27)/t14-/m0/s1. The maximum Gasteiger partial charge on any atom is 0.416 e. The Hall–Kier alpha value is -3.80. The van der Waals surface area contributed by atoms with Gasteiger partial charge in [0.25, 0.3) is 5.91 Å². The van der Waals surface area contributed by atoms with Crippen LogP contribution in [0.3, 0.4) is 0 Å². The zero-order valence-electron chi connectivity index (χ0n) is 16.7. The van der Waals surface area contributed by atoms with Gasteiger partial charge in [0.15, 0.2) is 0 Å². The number of amides is 1. The number of fused-ring (bicyclic) bond motifs is 1. The van der Waals surface area contributed by atoms with Gasteiger partial charge in [-0.2, -0.15) is 18.3 Å². The molecule has 0 saturated carbocycles. The summed E-state index contributed by atoms with van der Waals surface area (Å²) in [6.07, 6.45) is -1.26. The van der Waals surface area contributed by atoms with Gasteiger partial charge in [0.05, 0.1) is 28.9 Å². The van der Waals surface area contributed by atoms with Gasteiger partial charge < -0.3 is 10.2 Å². The van der Waals surface area contributed by atoms with Crippen LogP contribution in [0.1, 0.15) is 40.1 Å². The fourth-order valence-corrected chi connectivity index (χ4v) is 3.45. The number of hydrogen-bond acceptors (Lipinski definition) is 4. The number of rotatable bonds is 2. The highest BCUT2D eigenvalue weighted by molar-refractivity contribution is 6.07. The van der Waals surface area contributed by atoms with Crippen LogP contribution in [-0.4, -0.2) is 34.3 Å². The molecule has 1 atom stereocenters. The lowest BCUT2D eigenvalue weighted by Crippen LogP contribution is -2.43. The molecule has 1 amide bonds. The maximum absolute atomic E-state index is 13.2. The molecular weight excluding hydrogens is 407 g/mol. The minimum atomic E-state index is -4.43. The molecule has 0 spiro atoms. The van der Waals surface area contributed by atoms with E-state index in [2.05, 4.69) is 27.2 Å². The first-order valence-corrected chi connectivity index (χ1v) is 9.51. The Morgan fingerprint density at radius 1 is 1.13 bits per heavy atom. The van der Waals surface area contributed by atoms with Crippen molar-refractivity contribution in [2.75, 3.05) is 23.8 Å². The molecule has 1 N–H and O–H groups in total. The number of alkyl halides is 3. The number of nitrogens with zero attached hydrogens (tertiary/aromatic N) is 4. The van der Waals surface area contributed by atoms with Gasteiger partial charge in [-0.3, -0.25) is 9.48 Å². The minimum absolute atomic E-state index is 0.170. The largest absolute Gasteiger partial charge is 0.416 e. The summed E-state index contributed by atoms with van der Waals surface area (Å²) in [6.45, 7) is 2.18. The number of aromatic nitrogens is 3. The van der Waals surface area contributed by atoms with Crippen molar-refractivity contribution in [1.82, 2.24) is 14.8 Å². The molecule has 3 heterocycles. The lowest BCUT2D eigenvalue weighted by molar-refractivity contribution is -0.137. The topological polar surface area (TPSA) is 63.1 Å². The lowest BCUT2D eigenvalue weighted by Gasteiger charge is -2.32. The summed E-state index contributed by atoms with van der Waals surface area (Å²) >= 11 is 0. The van der Waals surface area contributed by atoms with Gasteiger partial charge in [-0.1, -0.05) is 11.8 Å². The number of benzene rings is 1. The molecule has 0 radical (unpaired) electrons. The Morgan fingerprint density at radius 2 is 1.84 bits per heavy atom. The van der Waals surface area contributed by atoms with E-state index in [9.17, 15) is 18.0 Å². The van der Waals surface area contributed by atoms with Crippen molar-refractivity contribution in [3.05, 3.63) is 71.2 Å². The van der Waals surface area contributed by atoms with Gasteiger partial charge in [0.2, 0.25) is 0 Å². The predicted octanol–water partition coefficient (Wildman–Crippen LogP) is 3.96. The third-order valence-corrected chi connectivity index (χ3v) is 4.99. The van der Waals surface area contributed by atoms with E-state index in [0.29, 0.717) is 28.3 Å². The molecule has 6 nitrogen and oxygen atoms in total. The molecule has 9 heteroatoms. The summed E-state index contributed by atoms with van der Waals surface area (Å²) in [5, 5.41) is 7.26. The lowest BCUT2D eigenvalue weighted by atomic mass is 10.1. The van der Waals surface area contributed by atoms with Crippen molar-refractivity contribution >= 4 is 17.4 Å². The zero-order valence-corrected chi connectivity index (χ0v) is 16.7. The SMILES string of the molecule is CNc1ncccc1C#Cc1cnn2c1C(=O)N(c1ccc(C(F)(F)F)cc1)C[C@@H]2C. The number of carbonyl (C=O) groups is 1. The maximum atomic E-state index is 13.2. The van der Waals surface area contributed by atoms with Gasteiger partial charge in [0.1, 0.15) is 11.5 Å². The van der Waals surface area contributed by atoms with Crippen LogP contribution >= 0.6 is 0 Å². The van der Waals surface area contributed by atoms with Crippen LogP contribution in [0.25, 0.3) is 0 Å². The molecule has 4 rings (SSSR count). The molecule has 2 aromatic heterocycles. The molecule has 0 aliphatic carbocycles. The van der Waals surface area contributed by atoms with Crippen molar-refractivity contribution in [2.24, 2.45) is 0 Å². The zero-order chi connectivity index (χ0) is 22.2. The van der Waals surface area contributed by atoms with Crippen molar-refractivity contribution in [1.29, 1.82) is 0 Å². The number of hydrogen-bond donors (Lipinski definition) is 1. The summed E-state index contributed by atoms with van der Waals surface area (Å²) in [4.78, 5) is 18.9. The van der Waals surface area contributed by atoms with Gasteiger partial charge in [-0.15, -0.1) is 0 Å². The number of anilines is 2. The Labute approximate surface area is 176 Å². The monoisotopic (exact) mass is 425 g/mol. The highest BCUT2D eigenvalue weighted by Crippen LogP contribution is 2.32. The fourth-order valence-electron chi connectivity index (χ4n) is 3.45.